The number of carbonyl (C=O) groups excluding carboxylic acids is 1. The van der Waals surface area contributed by atoms with E-state index in [9.17, 15) is 18.0 Å². The smallest absolute Gasteiger partial charge is 0.356 e. The summed E-state index contributed by atoms with van der Waals surface area (Å²) in [5.74, 6) is 0.337. The molecule has 1 amide bonds. The first kappa shape index (κ1) is 20.8. The number of pyridine rings is 1. The summed E-state index contributed by atoms with van der Waals surface area (Å²) in [6, 6.07) is 7.71. The number of hydrogen-bond donors (Lipinski definition) is 1. The third-order valence-electron chi connectivity index (χ3n) is 5.28. The number of alkyl halides is 3. The number of nitrogens with zero attached hydrogens (tertiary/aromatic N) is 6. The molecule has 1 saturated heterocycles. The van der Waals surface area contributed by atoms with Gasteiger partial charge in [-0.3, -0.25) is 4.79 Å². The Hall–Kier alpha value is -3.50. The predicted octanol–water partition coefficient (Wildman–Crippen LogP) is 2.78. The van der Waals surface area contributed by atoms with E-state index < -0.39 is 11.7 Å². The van der Waals surface area contributed by atoms with Gasteiger partial charge < -0.3 is 10.2 Å². The van der Waals surface area contributed by atoms with Crippen LogP contribution in [-0.4, -0.2) is 50.2 Å². The molecule has 0 atom stereocenters. The molecule has 4 rings (SSSR count). The van der Waals surface area contributed by atoms with Gasteiger partial charge in [-0.05, 0) is 66.1 Å². The maximum Gasteiger partial charge on any atom is 0.417 e. The van der Waals surface area contributed by atoms with E-state index in [1.807, 2.05) is 11.8 Å². The minimum absolute atomic E-state index is 0.0160. The molecule has 1 N–H and O–H groups in total. The van der Waals surface area contributed by atoms with Crippen LogP contribution in [0, 0.1) is 6.92 Å². The number of halogens is 3. The SMILES string of the molecule is Cc1cc(C(=O)NC2CCN(c3ccc(C(F)(F)F)cn3)CC2)ccc1-n1cnnn1. The lowest BCUT2D eigenvalue weighted by Crippen LogP contribution is -2.45. The zero-order valence-electron chi connectivity index (χ0n) is 16.7. The fourth-order valence-corrected chi connectivity index (χ4v) is 3.59. The Kier molecular flexibility index (Phi) is 5.57. The van der Waals surface area contributed by atoms with Crippen LogP contribution in [-0.2, 0) is 6.18 Å². The van der Waals surface area contributed by atoms with Gasteiger partial charge in [0.25, 0.3) is 5.91 Å². The van der Waals surface area contributed by atoms with E-state index in [1.54, 1.807) is 18.2 Å². The number of tetrazole rings is 1. The quantitative estimate of drug-likeness (QED) is 0.684. The second-order valence-electron chi connectivity index (χ2n) is 7.39. The highest BCUT2D eigenvalue weighted by molar-refractivity contribution is 5.94. The minimum atomic E-state index is -4.40. The number of amides is 1. The van der Waals surface area contributed by atoms with E-state index in [-0.39, 0.29) is 11.9 Å². The molecule has 11 heteroatoms. The third-order valence-corrected chi connectivity index (χ3v) is 5.28. The number of aromatic nitrogens is 5. The van der Waals surface area contributed by atoms with Gasteiger partial charge in [-0.1, -0.05) is 0 Å². The maximum absolute atomic E-state index is 12.7. The number of carbonyl (C=O) groups is 1. The van der Waals surface area contributed by atoms with Gasteiger partial charge in [0.15, 0.2) is 0 Å². The van der Waals surface area contributed by atoms with Crippen molar-refractivity contribution in [1.29, 1.82) is 0 Å². The van der Waals surface area contributed by atoms with E-state index in [1.165, 1.54) is 17.1 Å². The molecule has 0 unspecified atom stereocenters. The molecule has 1 aliphatic heterocycles. The normalized spacial score (nSPS) is 15.2. The van der Waals surface area contributed by atoms with Crippen LogP contribution in [0.5, 0.6) is 0 Å². The molecule has 31 heavy (non-hydrogen) atoms. The molecular weight excluding hydrogens is 411 g/mol. The first-order valence-electron chi connectivity index (χ1n) is 9.74. The lowest BCUT2D eigenvalue weighted by molar-refractivity contribution is -0.137. The number of aryl methyl sites for hydroxylation is 1. The van der Waals surface area contributed by atoms with Gasteiger partial charge in [0.1, 0.15) is 12.1 Å². The first-order valence-corrected chi connectivity index (χ1v) is 9.74. The van der Waals surface area contributed by atoms with Crippen molar-refractivity contribution in [3.63, 3.8) is 0 Å². The van der Waals surface area contributed by atoms with E-state index in [0.717, 1.165) is 23.5 Å². The van der Waals surface area contributed by atoms with Crippen LogP contribution in [0.2, 0.25) is 0 Å². The minimum Gasteiger partial charge on any atom is -0.356 e. The topological polar surface area (TPSA) is 88.8 Å². The summed E-state index contributed by atoms with van der Waals surface area (Å²) in [6.07, 6.45) is -0.705. The Morgan fingerprint density at radius 3 is 2.52 bits per heavy atom. The first-order chi connectivity index (χ1) is 14.8. The predicted molar refractivity (Wildman–Crippen MR) is 106 cm³/mol. The van der Waals surface area contributed by atoms with Gasteiger partial charge >= 0.3 is 6.18 Å². The van der Waals surface area contributed by atoms with Gasteiger partial charge in [-0.15, -0.1) is 5.10 Å². The summed E-state index contributed by atoms with van der Waals surface area (Å²) in [7, 11) is 0. The van der Waals surface area contributed by atoms with Crippen molar-refractivity contribution in [2.24, 2.45) is 0 Å². The second-order valence-corrected chi connectivity index (χ2v) is 7.39. The molecular formula is C20H20F3N7O. The van der Waals surface area contributed by atoms with Crippen molar-refractivity contribution >= 4 is 11.7 Å². The summed E-state index contributed by atoms with van der Waals surface area (Å²) >= 11 is 0. The highest BCUT2D eigenvalue weighted by atomic mass is 19.4. The molecule has 0 aliphatic carbocycles. The molecule has 1 aliphatic rings. The highest BCUT2D eigenvalue weighted by Crippen LogP contribution is 2.29. The maximum atomic E-state index is 12.7. The number of nitrogens with one attached hydrogen (secondary N) is 1. The van der Waals surface area contributed by atoms with Crippen molar-refractivity contribution in [3.8, 4) is 5.69 Å². The largest absolute Gasteiger partial charge is 0.417 e. The molecule has 8 nitrogen and oxygen atoms in total. The van der Waals surface area contributed by atoms with E-state index in [4.69, 9.17) is 0 Å². The Labute approximate surface area is 176 Å². The van der Waals surface area contributed by atoms with Crippen molar-refractivity contribution in [3.05, 3.63) is 59.5 Å². The van der Waals surface area contributed by atoms with E-state index in [0.29, 0.717) is 37.3 Å². The molecule has 1 fully saturated rings. The molecule has 162 valence electrons. The lowest BCUT2D eigenvalue weighted by atomic mass is 10.0. The number of rotatable bonds is 4. The highest BCUT2D eigenvalue weighted by Gasteiger charge is 2.31. The number of anilines is 1. The van der Waals surface area contributed by atoms with E-state index in [2.05, 4.69) is 25.8 Å². The van der Waals surface area contributed by atoms with Gasteiger partial charge in [0.05, 0.1) is 11.3 Å². The molecule has 2 aromatic heterocycles. The molecule has 1 aromatic carbocycles. The lowest BCUT2D eigenvalue weighted by Gasteiger charge is -2.33. The molecule has 0 bridgehead atoms. The fourth-order valence-electron chi connectivity index (χ4n) is 3.59. The molecule has 0 radical (unpaired) electrons. The van der Waals surface area contributed by atoms with Crippen molar-refractivity contribution < 1.29 is 18.0 Å². The second kappa shape index (κ2) is 8.32. The standard InChI is InChI=1S/C20H20F3N7O/c1-13-10-14(2-4-17(13)30-12-25-27-28-30)19(31)26-16-6-8-29(9-7-16)18-5-3-15(11-24-18)20(21,22)23/h2-5,10-12,16H,6-9H2,1H3,(H,26,31). The van der Waals surface area contributed by atoms with Crippen LogP contribution in [0.3, 0.4) is 0 Å². The Balaban J connectivity index is 1.33. The van der Waals surface area contributed by atoms with Gasteiger partial charge in [-0.2, -0.15) is 13.2 Å². The third kappa shape index (κ3) is 4.65. The van der Waals surface area contributed by atoms with Gasteiger partial charge in [-0.25, -0.2) is 9.67 Å². The van der Waals surface area contributed by atoms with Crippen LogP contribution in [0.15, 0.2) is 42.9 Å². The molecule has 0 spiro atoms. The summed E-state index contributed by atoms with van der Waals surface area (Å²) in [5, 5.41) is 14.1. The Bertz CT molecular complexity index is 1040. The summed E-state index contributed by atoms with van der Waals surface area (Å²) in [5.41, 5.74) is 1.43. The van der Waals surface area contributed by atoms with Crippen LogP contribution in [0.25, 0.3) is 5.69 Å². The summed E-state index contributed by atoms with van der Waals surface area (Å²) in [4.78, 5) is 18.5. The molecule has 0 saturated carbocycles. The van der Waals surface area contributed by atoms with E-state index >= 15 is 0 Å². The van der Waals surface area contributed by atoms with Gasteiger partial charge in [0, 0.05) is 30.9 Å². The summed E-state index contributed by atoms with van der Waals surface area (Å²) in [6.45, 7) is 3.07. The van der Waals surface area contributed by atoms with Crippen molar-refractivity contribution in [2.75, 3.05) is 18.0 Å². The number of piperidine rings is 1. The molecule has 3 aromatic rings. The average molecular weight is 431 g/mol. The Morgan fingerprint density at radius 1 is 1.16 bits per heavy atom. The van der Waals surface area contributed by atoms with Crippen LogP contribution >= 0.6 is 0 Å². The number of hydrogen-bond acceptors (Lipinski definition) is 6. The zero-order valence-corrected chi connectivity index (χ0v) is 16.7. The number of benzene rings is 1. The Morgan fingerprint density at radius 2 is 1.94 bits per heavy atom. The molecule has 3 heterocycles. The van der Waals surface area contributed by atoms with Crippen molar-refractivity contribution in [1.82, 2.24) is 30.5 Å². The van der Waals surface area contributed by atoms with Gasteiger partial charge in [0.2, 0.25) is 0 Å². The van der Waals surface area contributed by atoms with Crippen LogP contribution in [0.1, 0.15) is 34.3 Å². The fraction of sp³-hybridized carbons (Fsp3) is 0.350. The zero-order chi connectivity index (χ0) is 22.0. The average Bonchev–Trinajstić information content (AvgIpc) is 3.28. The monoisotopic (exact) mass is 431 g/mol. The van der Waals surface area contributed by atoms with Crippen LogP contribution < -0.4 is 10.2 Å². The van der Waals surface area contributed by atoms with Crippen LogP contribution in [0.4, 0.5) is 19.0 Å². The summed E-state index contributed by atoms with van der Waals surface area (Å²) < 4.78 is 39.6. The van der Waals surface area contributed by atoms with Crippen molar-refractivity contribution in [2.45, 2.75) is 32.0 Å².